The first-order valence-electron chi connectivity index (χ1n) is 7.92. The Labute approximate surface area is 160 Å². The van der Waals surface area contributed by atoms with Crippen molar-refractivity contribution >= 4 is 50.8 Å². The number of fused-ring (bicyclic) bond motifs is 1. The Hall–Kier alpha value is -2.65. The number of thiazole rings is 1. The summed E-state index contributed by atoms with van der Waals surface area (Å²) in [6.07, 6.45) is 2.89. The average Bonchev–Trinajstić information content (AvgIpc) is 3.22. The molecule has 0 saturated heterocycles. The maximum Gasteiger partial charge on any atom is 0.326 e. The largest absolute Gasteiger partial charge is 0.465 e. The molecule has 0 N–H and O–H groups in total. The molecule has 0 bridgehead atoms. The average molecular weight is 408 g/mol. The van der Waals surface area contributed by atoms with E-state index in [1.54, 1.807) is 13.0 Å². The molecule has 0 aliphatic rings. The zero-order valence-electron chi connectivity index (χ0n) is 14.1. The predicted octanol–water partition coefficient (Wildman–Crippen LogP) is 3.75. The highest BCUT2D eigenvalue weighted by Crippen LogP contribution is 2.22. The molecule has 140 valence electrons. The number of carbonyl (C=O) groups excluding carboxylic acids is 2. The van der Waals surface area contributed by atoms with Crippen LogP contribution in [0.25, 0.3) is 16.3 Å². The van der Waals surface area contributed by atoms with E-state index in [-0.39, 0.29) is 28.2 Å². The second-order valence-corrected chi connectivity index (χ2v) is 7.30. The third-order valence-corrected chi connectivity index (χ3v) is 5.29. The number of hydrogen-bond donors (Lipinski definition) is 0. The first-order chi connectivity index (χ1) is 13.0. The number of rotatable bonds is 5. The van der Waals surface area contributed by atoms with Crippen molar-refractivity contribution in [1.82, 2.24) is 4.57 Å². The molecule has 2 aromatic heterocycles. The highest BCUT2D eigenvalue weighted by Gasteiger charge is 2.16. The third kappa shape index (κ3) is 4.55. The molecule has 0 aliphatic carbocycles. The number of hydrogen-bond acceptors (Lipinski definition) is 5. The summed E-state index contributed by atoms with van der Waals surface area (Å²) in [4.78, 5) is 28.9. The maximum absolute atomic E-state index is 14.3. The van der Waals surface area contributed by atoms with Gasteiger partial charge in [-0.1, -0.05) is 17.4 Å². The molecule has 3 aromatic rings. The van der Waals surface area contributed by atoms with Gasteiger partial charge in [-0.3, -0.25) is 9.59 Å². The minimum Gasteiger partial charge on any atom is -0.465 e. The second-order valence-electron chi connectivity index (χ2n) is 5.31. The fraction of sp³-hybridized carbons (Fsp3) is 0.167. The van der Waals surface area contributed by atoms with Gasteiger partial charge in [0.1, 0.15) is 12.4 Å². The number of halogens is 2. The van der Waals surface area contributed by atoms with Gasteiger partial charge in [0.25, 0.3) is 5.91 Å². The zero-order valence-corrected chi connectivity index (χ0v) is 15.8. The summed E-state index contributed by atoms with van der Waals surface area (Å²) in [5, 5.41) is 1.87. The number of carbonyl (C=O) groups is 2. The molecular weight excluding hydrogens is 394 g/mol. The number of benzene rings is 1. The fourth-order valence-corrected chi connectivity index (χ4v) is 4.06. The Morgan fingerprint density at radius 1 is 1.33 bits per heavy atom. The summed E-state index contributed by atoms with van der Waals surface area (Å²) < 4.78 is 34.2. The lowest BCUT2D eigenvalue weighted by atomic mass is 10.3. The first kappa shape index (κ1) is 19.1. The number of thiophene rings is 1. The molecule has 5 nitrogen and oxygen atoms in total. The van der Waals surface area contributed by atoms with Gasteiger partial charge in [0.2, 0.25) is 0 Å². The number of ether oxygens (including phenoxy) is 1. The van der Waals surface area contributed by atoms with E-state index in [1.165, 1.54) is 22.0 Å². The molecule has 3 rings (SSSR count). The van der Waals surface area contributed by atoms with Crippen LogP contribution in [0.1, 0.15) is 11.8 Å². The van der Waals surface area contributed by atoms with Crippen molar-refractivity contribution in [2.24, 2.45) is 4.99 Å². The van der Waals surface area contributed by atoms with E-state index in [9.17, 15) is 18.4 Å². The lowest BCUT2D eigenvalue weighted by Gasteiger charge is -2.05. The third-order valence-electron chi connectivity index (χ3n) is 3.43. The van der Waals surface area contributed by atoms with Gasteiger partial charge in [0, 0.05) is 17.0 Å². The van der Waals surface area contributed by atoms with Crippen LogP contribution in [-0.4, -0.2) is 23.1 Å². The van der Waals surface area contributed by atoms with Gasteiger partial charge >= 0.3 is 5.97 Å². The van der Waals surface area contributed by atoms with Gasteiger partial charge in [-0.15, -0.1) is 11.3 Å². The van der Waals surface area contributed by atoms with E-state index in [0.29, 0.717) is 0 Å². The number of nitrogens with zero attached hydrogens (tertiary/aromatic N) is 2. The van der Waals surface area contributed by atoms with E-state index < -0.39 is 23.5 Å². The Balaban J connectivity index is 2.06. The molecular formula is C18H14F2N2O3S2. The Kier molecular flexibility index (Phi) is 5.92. The van der Waals surface area contributed by atoms with Crippen LogP contribution in [0, 0.1) is 11.6 Å². The standard InChI is InChI=1S/C18H14F2N2O3S2/c1-2-25-16(24)10-22-17-13(20)8-11(19)9-14(17)27-18(22)21-15(23)6-5-12-4-3-7-26-12/h3-9H,2,10H2,1H3/b6-5+,21-18?. The van der Waals surface area contributed by atoms with Crippen LogP contribution in [0.3, 0.4) is 0 Å². The Morgan fingerprint density at radius 2 is 2.15 bits per heavy atom. The summed E-state index contributed by atoms with van der Waals surface area (Å²) in [5.74, 6) is -2.77. The van der Waals surface area contributed by atoms with Gasteiger partial charge in [-0.05, 0) is 30.5 Å². The first-order valence-corrected chi connectivity index (χ1v) is 9.62. The monoisotopic (exact) mass is 408 g/mol. The summed E-state index contributed by atoms with van der Waals surface area (Å²) in [5.41, 5.74) is 0.00300. The molecule has 0 aliphatic heterocycles. The molecule has 0 spiro atoms. The van der Waals surface area contributed by atoms with Crippen LogP contribution < -0.4 is 4.80 Å². The molecule has 2 heterocycles. The zero-order chi connectivity index (χ0) is 19.4. The number of amides is 1. The molecule has 0 saturated carbocycles. The van der Waals surface area contributed by atoms with Crippen LogP contribution in [0.15, 0.2) is 40.7 Å². The van der Waals surface area contributed by atoms with Gasteiger partial charge in [0.15, 0.2) is 10.6 Å². The Morgan fingerprint density at radius 3 is 2.85 bits per heavy atom. The number of aromatic nitrogens is 1. The SMILES string of the molecule is CCOC(=O)Cn1c(=NC(=O)/C=C/c2cccs2)sc2cc(F)cc(F)c21. The maximum atomic E-state index is 14.3. The fourth-order valence-electron chi connectivity index (χ4n) is 2.37. The van der Waals surface area contributed by atoms with Gasteiger partial charge in [-0.2, -0.15) is 4.99 Å². The Bertz CT molecular complexity index is 1080. The number of esters is 1. The van der Waals surface area contributed by atoms with Crippen molar-refractivity contribution in [1.29, 1.82) is 0 Å². The van der Waals surface area contributed by atoms with Crippen molar-refractivity contribution < 1.29 is 23.1 Å². The molecule has 0 unspecified atom stereocenters. The summed E-state index contributed by atoms with van der Waals surface area (Å²) >= 11 is 2.38. The highest BCUT2D eigenvalue weighted by molar-refractivity contribution is 7.16. The van der Waals surface area contributed by atoms with Gasteiger partial charge in [0.05, 0.1) is 16.8 Å². The van der Waals surface area contributed by atoms with E-state index in [1.807, 2.05) is 17.5 Å². The molecule has 0 atom stereocenters. The summed E-state index contributed by atoms with van der Waals surface area (Å²) in [7, 11) is 0. The van der Waals surface area contributed by atoms with Crippen LogP contribution in [0.2, 0.25) is 0 Å². The molecule has 9 heteroatoms. The van der Waals surface area contributed by atoms with E-state index >= 15 is 0 Å². The smallest absolute Gasteiger partial charge is 0.326 e. The van der Waals surface area contributed by atoms with Gasteiger partial charge < -0.3 is 9.30 Å². The molecule has 0 fully saturated rings. The van der Waals surface area contributed by atoms with Crippen molar-refractivity contribution in [2.45, 2.75) is 13.5 Å². The minimum absolute atomic E-state index is 0.00300. The van der Waals surface area contributed by atoms with Crippen LogP contribution in [0.4, 0.5) is 8.78 Å². The second kappa shape index (κ2) is 8.36. The summed E-state index contributed by atoms with van der Waals surface area (Å²) in [6, 6.07) is 5.55. The van der Waals surface area contributed by atoms with Crippen molar-refractivity contribution in [3.8, 4) is 0 Å². The van der Waals surface area contributed by atoms with Crippen molar-refractivity contribution in [2.75, 3.05) is 6.61 Å². The minimum atomic E-state index is -0.839. The molecule has 1 aromatic carbocycles. The lowest BCUT2D eigenvalue weighted by molar-refractivity contribution is -0.143. The van der Waals surface area contributed by atoms with E-state index in [0.717, 1.165) is 28.3 Å². The summed E-state index contributed by atoms with van der Waals surface area (Å²) in [6.45, 7) is 1.47. The van der Waals surface area contributed by atoms with Crippen LogP contribution >= 0.6 is 22.7 Å². The molecule has 27 heavy (non-hydrogen) atoms. The topological polar surface area (TPSA) is 60.7 Å². The lowest BCUT2D eigenvalue weighted by Crippen LogP contribution is -2.23. The van der Waals surface area contributed by atoms with E-state index in [4.69, 9.17) is 4.74 Å². The highest BCUT2D eigenvalue weighted by atomic mass is 32.1. The predicted molar refractivity (Wildman–Crippen MR) is 100 cm³/mol. The normalized spacial score (nSPS) is 12.2. The quantitative estimate of drug-likeness (QED) is 0.477. The van der Waals surface area contributed by atoms with E-state index in [2.05, 4.69) is 4.99 Å². The van der Waals surface area contributed by atoms with Crippen molar-refractivity contribution in [3.63, 3.8) is 0 Å². The molecule has 1 amide bonds. The molecule has 0 radical (unpaired) electrons. The van der Waals surface area contributed by atoms with Gasteiger partial charge in [-0.25, -0.2) is 8.78 Å². The van der Waals surface area contributed by atoms with Crippen LogP contribution in [-0.2, 0) is 20.9 Å². The van der Waals surface area contributed by atoms with Crippen LogP contribution in [0.5, 0.6) is 0 Å². The van der Waals surface area contributed by atoms with Crippen molar-refractivity contribution in [3.05, 3.63) is 57.0 Å².